The first kappa shape index (κ1) is 26.9. The second-order valence-electron chi connectivity index (χ2n) is 12.6. The average Bonchev–Trinajstić information content (AvgIpc) is 3.65. The van der Waals surface area contributed by atoms with E-state index in [1.54, 1.807) is 0 Å². The normalized spacial score (nSPS) is 25.0. The number of anilines is 1. The number of nitrogens with zero attached hydrogens (tertiary/aromatic N) is 4. The van der Waals surface area contributed by atoms with E-state index < -0.39 is 5.82 Å². The maximum atomic E-state index is 16.9. The molecule has 43 heavy (non-hydrogen) atoms. The number of hydrogen-bond acceptors (Lipinski definition) is 6. The van der Waals surface area contributed by atoms with Crippen molar-refractivity contribution in [3.8, 4) is 29.5 Å². The standard InChI is InChI=1S/C35H33ClFN5O/c1-3-22-7-4-8-23-9-5-10-26(29(22)23)30-28(36)15-27-32(31(30)37)39-34(40-33(27)41-18-24-11-12-25(19-41)38-24)43-20-35-13-6-14-42(35)17-21(2)16-35/h1,4-5,7-10,15,24-25,38H,2,6,11-14,16-20H2/t24-,25+,35?. The number of halogens is 2. The maximum Gasteiger partial charge on any atom is 0.319 e. The number of terminal acetylenes is 1. The molecule has 0 saturated carbocycles. The minimum Gasteiger partial charge on any atom is -0.461 e. The van der Waals surface area contributed by atoms with E-state index in [1.165, 1.54) is 5.57 Å². The van der Waals surface area contributed by atoms with Crippen LogP contribution >= 0.6 is 11.6 Å². The molecule has 2 bridgehead atoms. The van der Waals surface area contributed by atoms with E-state index in [0.717, 1.165) is 69.1 Å². The van der Waals surface area contributed by atoms with Crippen LogP contribution < -0.4 is 15.0 Å². The first-order chi connectivity index (χ1) is 20.9. The summed E-state index contributed by atoms with van der Waals surface area (Å²) in [6.07, 6.45) is 11.2. The van der Waals surface area contributed by atoms with E-state index in [-0.39, 0.29) is 22.6 Å². The molecule has 0 radical (unpaired) electrons. The van der Waals surface area contributed by atoms with Crippen LogP contribution in [0.25, 0.3) is 32.8 Å². The molecule has 1 unspecified atom stereocenters. The molecule has 1 N–H and O–H groups in total. The summed E-state index contributed by atoms with van der Waals surface area (Å²) in [7, 11) is 0. The van der Waals surface area contributed by atoms with E-state index in [9.17, 15) is 0 Å². The number of nitrogens with one attached hydrogen (secondary N) is 1. The number of piperazine rings is 1. The Bertz CT molecular complexity index is 1840. The predicted octanol–water partition coefficient (Wildman–Crippen LogP) is 6.34. The molecule has 218 valence electrons. The van der Waals surface area contributed by atoms with Gasteiger partial charge in [-0.05, 0) is 61.7 Å². The summed E-state index contributed by atoms with van der Waals surface area (Å²) < 4.78 is 23.4. The van der Waals surface area contributed by atoms with Gasteiger partial charge in [-0.2, -0.15) is 9.97 Å². The summed E-state index contributed by atoms with van der Waals surface area (Å²) in [5.74, 6) is 2.94. The summed E-state index contributed by atoms with van der Waals surface area (Å²) in [6.45, 7) is 8.21. The summed E-state index contributed by atoms with van der Waals surface area (Å²) in [6, 6.07) is 14.3. The summed E-state index contributed by atoms with van der Waals surface area (Å²) in [5.41, 5.74) is 2.95. The van der Waals surface area contributed by atoms with Crippen molar-refractivity contribution in [1.82, 2.24) is 20.2 Å². The lowest BCUT2D eigenvalue weighted by atomic mass is 9.93. The fourth-order valence-corrected chi connectivity index (χ4v) is 8.29. The van der Waals surface area contributed by atoms with Crippen LogP contribution in [0.5, 0.6) is 6.01 Å². The molecule has 0 spiro atoms. The van der Waals surface area contributed by atoms with Gasteiger partial charge in [-0.1, -0.05) is 60.0 Å². The molecule has 3 atom stereocenters. The Labute approximate surface area is 255 Å². The Balaban J connectivity index is 1.28. The minimum absolute atomic E-state index is 0.0952. The van der Waals surface area contributed by atoms with Crippen molar-refractivity contribution >= 4 is 39.1 Å². The van der Waals surface area contributed by atoms with Crippen LogP contribution in [0.2, 0.25) is 5.02 Å². The Morgan fingerprint density at radius 3 is 2.74 bits per heavy atom. The van der Waals surface area contributed by atoms with Crippen LogP contribution in [-0.2, 0) is 0 Å². The van der Waals surface area contributed by atoms with Crippen molar-refractivity contribution in [3.05, 3.63) is 71.0 Å². The third-order valence-corrected chi connectivity index (χ3v) is 10.2. The molecule has 4 aliphatic heterocycles. The molecule has 8 heteroatoms. The molecule has 3 aromatic carbocycles. The highest BCUT2D eigenvalue weighted by molar-refractivity contribution is 6.35. The summed E-state index contributed by atoms with van der Waals surface area (Å²) >= 11 is 6.96. The first-order valence-electron chi connectivity index (χ1n) is 15.2. The van der Waals surface area contributed by atoms with Gasteiger partial charge in [0.15, 0.2) is 5.82 Å². The molecular formula is C35H33ClFN5O. The van der Waals surface area contributed by atoms with Crippen molar-refractivity contribution in [2.24, 2.45) is 0 Å². The predicted molar refractivity (Wildman–Crippen MR) is 170 cm³/mol. The van der Waals surface area contributed by atoms with Crippen molar-refractivity contribution < 1.29 is 9.13 Å². The van der Waals surface area contributed by atoms with Gasteiger partial charge < -0.3 is 15.0 Å². The van der Waals surface area contributed by atoms with Crippen LogP contribution in [0.15, 0.2) is 54.6 Å². The molecular weight excluding hydrogens is 561 g/mol. The molecule has 6 nitrogen and oxygen atoms in total. The lowest BCUT2D eigenvalue weighted by molar-refractivity contribution is 0.108. The van der Waals surface area contributed by atoms with E-state index in [0.29, 0.717) is 46.0 Å². The topological polar surface area (TPSA) is 53.5 Å². The van der Waals surface area contributed by atoms with Gasteiger partial charge in [0.05, 0.1) is 10.6 Å². The number of ether oxygens (including phenoxy) is 1. The number of benzene rings is 3. The van der Waals surface area contributed by atoms with Crippen LogP contribution in [0.1, 0.15) is 37.7 Å². The highest BCUT2D eigenvalue weighted by Crippen LogP contribution is 2.44. The van der Waals surface area contributed by atoms with E-state index in [1.807, 2.05) is 42.5 Å². The van der Waals surface area contributed by atoms with Crippen molar-refractivity contribution in [3.63, 3.8) is 0 Å². The number of fused-ring (bicyclic) bond motifs is 5. The minimum atomic E-state index is -0.497. The van der Waals surface area contributed by atoms with E-state index in [4.69, 9.17) is 32.7 Å². The van der Waals surface area contributed by atoms with Crippen molar-refractivity contribution in [2.45, 2.75) is 49.7 Å². The lowest BCUT2D eigenvalue weighted by Gasteiger charge is -2.34. The molecule has 4 saturated heterocycles. The molecule has 1 aromatic heterocycles. The molecule has 0 amide bonds. The largest absolute Gasteiger partial charge is 0.461 e. The molecule has 0 aliphatic carbocycles. The molecule has 5 heterocycles. The van der Waals surface area contributed by atoms with E-state index in [2.05, 4.69) is 27.6 Å². The Kier molecular flexibility index (Phi) is 6.38. The van der Waals surface area contributed by atoms with E-state index >= 15 is 4.39 Å². The fourth-order valence-electron chi connectivity index (χ4n) is 8.00. The highest BCUT2D eigenvalue weighted by Gasteiger charge is 2.46. The lowest BCUT2D eigenvalue weighted by Crippen LogP contribution is -2.51. The highest BCUT2D eigenvalue weighted by atomic mass is 35.5. The van der Waals surface area contributed by atoms with Gasteiger partial charge in [0.25, 0.3) is 0 Å². The Morgan fingerprint density at radius 2 is 1.95 bits per heavy atom. The zero-order valence-corrected chi connectivity index (χ0v) is 24.8. The molecule has 4 aliphatic rings. The van der Waals surface area contributed by atoms with Crippen molar-refractivity contribution in [2.75, 3.05) is 37.7 Å². The quantitative estimate of drug-likeness (QED) is 0.215. The zero-order chi connectivity index (χ0) is 29.3. The maximum absolute atomic E-state index is 16.9. The third kappa shape index (κ3) is 4.38. The van der Waals surface area contributed by atoms with Gasteiger partial charge >= 0.3 is 6.01 Å². The van der Waals surface area contributed by atoms with Gasteiger partial charge in [-0.3, -0.25) is 4.90 Å². The number of hydrogen-bond donors (Lipinski definition) is 1. The monoisotopic (exact) mass is 593 g/mol. The first-order valence-corrected chi connectivity index (χ1v) is 15.5. The van der Waals surface area contributed by atoms with Gasteiger partial charge in [0, 0.05) is 53.6 Å². The van der Waals surface area contributed by atoms with Gasteiger partial charge in [0.2, 0.25) is 0 Å². The fraction of sp³-hybridized carbons (Fsp3) is 0.371. The number of rotatable bonds is 5. The molecule has 8 rings (SSSR count). The second-order valence-corrected chi connectivity index (χ2v) is 13.0. The van der Waals surface area contributed by atoms with Crippen molar-refractivity contribution in [1.29, 1.82) is 0 Å². The van der Waals surface area contributed by atoms with Crippen LogP contribution in [0, 0.1) is 18.2 Å². The molecule has 4 fully saturated rings. The average molecular weight is 594 g/mol. The summed E-state index contributed by atoms with van der Waals surface area (Å²) in [5, 5.41) is 6.28. The van der Waals surface area contributed by atoms with Crippen LogP contribution in [-0.4, -0.2) is 65.3 Å². The van der Waals surface area contributed by atoms with Crippen LogP contribution in [0.4, 0.5) is 10.2 Å². The SMILES string of the molecule is C#Cc1cccc2cccc(-c3c(Cl)cc4c(N5C[C@H]6CC[C@@H](C5)N6)nc(OCC56CCCN5CC(=C)C6)nc4c3F)c12. The van der Waals surface area contributed by atoms with Gasteiger partial charge in [0.1, 0.15) is 17.9 Å². The Morgan fingerprint density at radius 1 is 1.16 bits per heavy atom. The molecule has 4 aromatic rings. The second kappa shape index (κ2) is 10.2. The third-order valence-electron chi connectivity index (χ3n) is 9.89. The zero-order valence-electron chi connectivity index (χ0n) is 24.0. The summed E-state index contributed by atoms with van der Waals surface area (Å²) in [4.78, 5) is 14.4. The van der Waals surface area contributed by atoms with Crippen LogP contribution in [0.3, 0.4) is 0 Å². The van der Waals surface area contributed by atoms with Gasteiger partial charge in [-0.25, -0.2) is 4.39 Å². The Hall–Kier alpha value is -3.70. The van der Waals surface area contributed by atoms with Gasteiger partial charge in [-0.15, -0.1) is 6.42 Å². The number of aromatic nitrogens is 2. The smallest absolute Gasteiger partial charge is 0.319 e.